The number of amides is 2. The van der Waals surface area contributed by atoms with Crippen molar-refractivity contribution in [1.29, 1.82) is 0 Å². The van der Waals surface area contributed by atoms with E-state index in [0.717, 1.165) is 12.0 Å². The van der Waals surface area contributed by atoms with Gasteiger partial charge in [0.15, 0.2) is 0 Å². The van der Waals surface area contributed by atoms with Crippen molar-refractivity contribution in [3.05, 3.63) is 29.3 Å². The molecule has 1 saturated heterocycles. The van der Waals surface area contributed by atoms with Gasteiger partial charge in [0.2, 0.25) is 10.0 Å². The predicted octanol–water partition coefficient (Wildman–Crippen LogP) is 0.251. The van der Waals surface area contributed by atoms with Crippen LogP contribution in [-0.4, -0.2) is 75.8 Å². The van der Waals surface area contributed by atoms with Crippen molar-refractivity contribution in [2.45, 2.75) is 37.6 Å². The van der Waals surface area contributed by atoms with Crippen LogP contribution in [0.4, 0.5) is 0 Å². The first-order chi connectivity index (χ1) is 13.1. The van der Waals surface area contributed by atoms with E-state index in [9.17, 15) is 18.0 Å². The fraction of sp³-hybridized carbons (Fsp3) is 0.579. The Bertz CT molecular complexity index is 823. The lowest BCUT2D eigenvalue weighted by Gasteiger charge is -2.25. The Kier molecular flexibility index (Phi) is 7.56. The van der Waals surface area contributed by atoms with Gasteiger partial charge in [0, 0.05) is 32.2 Å². The maximum Gasteiger partial charge on any atom is 0.309 e. The van der Waals surface area contributed by atoms with Gasteiger partial charge in [0.1, 0.15) is 0 Å². The Balaban J connectivity index is 2.00. The molecule has 0 aliphatic carbocycles. The van der Waals surface area contributed by atoms with Crippen LogP contribution >= 0.6 is 0 Å². The van der Waals surface area contributed by atoms with E-state index >= 15 is 0 Å². The highest BCUT2D eigenvalue weighted by molar-refractivity contribution is 7.89. The number of carbonyl (C=O) groups is 2. The lowest BCUT2D eigenvalue weighted by atomic mass is 10.2. The first-order valence-electron chi connectivity index (χ1n) is 9.42. The Morgan fingerprint density at radius 3 is 2.54 bits per heavy atom. The minimum Gasteiger partial charge on any atom is -0.347 e. The molecule has 8 nitrogen and oxygen atoms in total. The van der Waals surface area contributed by atoms with Gasteiger partial charge in [-0.05, 0) is 58.0 Å². The second-order valence-electron chi connectivity index (χ2n) is 7.45. The molecule has 1 aromatic rings. The zero-order valence-corrected chi connectivity index (χ0v) is 17.8. The lowest BCUT2D eigenvalue weighted by Crippen LogP contribution is -2.47. The molecule has 1 aliphatic rings. The molecule has 1 heterocycles. The van der Waals surface area contributed by atoms with Crippen molar-refractivity contribution >= 4 is 21.8 Å². The summed E-state index contributed by atoms with van der Waals surface area (Å²) in [7, 11) is 0.0877. The van der Waals surface area contributed by atoms with E-state index in [2.05, 4.69) is 10.6 Å². The molecule has 1 atom stereocenters. The number of aryl methyl sites for hydroxylation is 2. The molecular weight excluding hydrogens is 380 g/mol. The highest BCUT2D eigenvalue weighted by Crippen LogP contribution is 2.28. The Hall–Kier alpha value is -1.97. The maximum atomic E-state index is 13.1. The summed E-state index contributed by atoms with van der Waals surface area (Å²) in [6.45, 7) is 5.15. The highest BCUT2D eigenvalue weighted by atomic mass is 32.2. The average Bonchev–Trinajstić information content (AvgIpc) is 3.10. The van der Waals surface area contributed by atoms with E-state index in [4.69, 9.17) is 0 Å². The van der Waals surface area contributed by atoms with Gasteiger partial charge in [-0.1, -0.05) is 12.1 Å². The second-order valence-corrected chi connectivity index (χ2v) is 9.31. The van der Waals surface area contributed by atoms with Gasteiger partial charge in [-0.3, -0.25) is 9.59 Å². The van der Waals surface area contributed by atoms with E-state index in [1.165, 1.54) is 4.31 Å². The molecule has 2 N–H and O–H groups in total. The fourth-order valence-electron chi connectivity index (χ4n) is 3.21. The van der Waals surface area contributed by atoms with Crippen molar-refractivity contribution in [1.82, 2.24) is 19.8 Å². The quantitative estimate of drug-likeness (QED) is 0.628. The number of hydrogen-bond donors (Lipinski definition) is 2. The van der Waals surface area contributed by atoms with E-state index in [-0.39, 0.29) is 12.6 Å². The van der Waals surface area contributed by atoms with E-state index in [1.54, 1.807) is 19.1 Å². The second kappa shape index (κ2) is 9.49. The number of nitrogens with zero attached hydrogens (tertiary/aromatic N) is 2. The van der Waals surface area contributed by atoms with Gasteiger partial charge in [0.25, 0.3) is 0 Å². The summed E-state index contributed by atoms with van der Waals surface area (Å²) in [5, 5.41) is 5.12. The third-order valence-electron chi connectivity index (χ3n) is 4.80. The zero-order chi connectivity index (χ0) is 20.9. The van der Waals surface area contributed by atoms with Crippen molar-refractivity contribution in [3.8, 4) is 0 Å². The lowest BCUT2D eigenvalue weighted by molar-refractivity contribution is -0.139. The van der Waals surface area contributed by atoms with E-state index in [0.29, 0.717) is 36.5 Å². The summed E-state index contributed by atoms with van der Waals surface area (Å²) in [5.41, 5.74) is 1.57. The van der Waals surface area contributed by atoms with Crippen LogP contribution in [0.3, 0.4) is 0 Å². The number of benzene rings is 1. The van der Waals surface area contributed by atoms with Crippen LogP contribution in [0.2, 0.25) is 0 Å². The number of sulfonamides is 1. The Labute approximate surface area is 167 Å². The molecule has 1 aromatic carbocycles. The molecule has 1 aliphatic heterocycles. The molecule has 0 radical (unpaired) electrons. The van der Waals surface area contributed by atoms with Crippen molar-refractivity contribution < 1.29 is 18.0 Å². The number of rotatable bonds is 7. The molecule has 156 valence electrons. The summed E-state index contributed by atoms with van der Waals surface area (Å²) in [5.74, 6) is -1.45. The summed E-state index contributed by atoms with van der Waals surface area (Å²) in [6.07, 6.45) is 1.37. The molecule has 0 saturated carbocycles. The van der Waals surface area contributed by atoms with Gasteiger partial charge in [-0.15, -0.1) is 0 Å². The number of hydrogen-bond acceptors (Lipinski definition) is 5. The molecule has 1 fully saturated rings. The van der Waals surface area contributed by atoms with Gasteiger partial charge in [-0.2, -0.15) is 4.31 Å². The molecule has 0 spiro atoms. The van der Waals surface area contributed by atoms with Crippen molar-refractivity contribution in [2.75, 3.05) is 40.3 Å². The number of carbonyl (C=O) groups excluding carboxylic acids is 2. The molecular formula is C19H30N4O4S. The van der Waals surface area contributed by atoms with Crippen LogP contribution in [-0.2, 0) is 19.6 Å². The third-order valence-corrected chi connectivity index (χ3v) is 6.90. The topological polar surface area (TPSA) is 98.8 Å². The summed E-state index contributed by atoms with van der Waals surface area (Å²) in [4.78, 5) is 26.0. The molecule has 28 heavy (non-hydrogen) atoms. The van der Waals surface area contributed by atoms with Gasteiger partial charge in [-0.25, -0.2) is 8.42 Å². The first-order valence-corrected chi connectivity index (χ1v) is 10.9. The molecule has 0 unspecified atom stereocenters. The number of nitrogens with one attached hydrogen (secondary N) is 2. The standard InChI is InChI=1S/C19H30N4O4S/c1-14-7-8-15(2)17(12-14)28(26,27)23-10-5-6-16(23)13-21-19(25)18(24)20-9-11-22(3)4/h7-8,12,16H,5-6,9-11,13H2,1-4H3,(H,20,24)(H,21,25)/t16-/m1/s1. The normalized spacial score (nSPS) is 17.7. The van der Waals surface area contributed by atoms with Crippen LogP contribution < -0.4 is 10.6 Å². The SMILES string of the molecule is Cc1ccc(C)c(S(=O)(=O)N2CCC[C@@H]2CNC(=O)C(=O)NCCN(C)C)c1. The predicted molar refractivity (Wildman–Crippen MR) is 107 cm³/mol. The molecule has 2 amide bonds. The Morgan fingerprint density at radius 2 is 1.86 bits per heavy atom. The molecule has 0 aromatic heterocycles. The molecule has 0 bridgehead atoms. The summed E-state index contributed by atoms with van der Waals surface area (Å²) >= 11 is 0. The smallest absolute Gasteiger partial charge is 0.309 e. The minimum atomic E-state index is -3.66. The van der Waals surface area contributed by atoms with Crippen LogP contribution in [0.5, 0.6) is 0 Å². The van der Waals surface area contributed by atoms with Crippen LogP contribution in [0.25, 0.3) is 0 Å². The van der Waals surface area contributed by atoms with Gasteiger partial charge < -0.3 is 15.5 Å². The van der Waals surface area contributed by atoms with Crippen molar-refractivity contribution in [2.24, 2.45) is 0 Å². The van der Waals surface area contributed by atoms with Crippen LogP contribution in [0, 0.1) is 13.8 Å². The van der Waals surface area contributed by atoms with E-state index in [1.807, 2.05) is 32.0 Å². The highest BCUT2D eigenvalue weighted by Gasteiger charge is 2.36. The largest absolute Gasteiger partial charge is 0.347 e. The fourth-order valence-corrected chi connectivity index (χ4v) is 5.21. The number of likely N-dealkylation sites (N-methyl/N-ethyl adjacent to an activating group) is 1. The average molecular weight is 411 g/mol. The molecule has 9 heteroatoms. The first kappa shape index (κ1) is 22.3. The van der Waals surface area contributed by atoms with Crippen LogP contribution in [0.15, 0.2) is 23.1 Å². The van der Waals surface area contributed by atoms with Crippen LogP contribution in [0.1, 0.15) is 24.0 Å². The van der Waals surface area contributed by atoms with Gasteiger partial charge >= 0.3 is 11.8 Å². The van der Waals surface area contributed by atoms with Crippen molar-refractivity contribution in [3.63, 3.8) is 0 Å². The third kappa shape index (κ3) is 5.52. The summed E-state index contributed by atoms with van der Waals surface area (Å²) in [6, 6.07) is 5.00. The van der Waals surface area contributed by atoms with Gasteiger partial charge in [0.05, 0.1) is 4.90 Å². The Morgan fingerprint density at radius 1 is 1.18 bits per heavy atom. The summed E-state index contributed by atoms with van der Waals surface area (Å²) < 4.78 is 27.7. The molecule has 2 rings (SSSR count). The monoisotopic (exact) mass is 410 g/mol. The maximum absolute atomic E-state index is 13.1. The van der Waals surface area contributed by atoms with E-state index < -0.39 is 21.8 Å². The minimum absolute atomic E-state index is 0.115. The zero-order valence-electron chi connectivity index (χ0n) is 17.0.